The van der Waals surface area contributed by atoms with E-state index < -0.39 is 35.4 Å². The topological polar surface area (TPSA) is 55.8 Å². The number of amides is 2. The lowest BCUT2D eigenvalue weighted by atomic mass is 9.59. The van der Waals surface area contributed by atoms with Crippen LogP contribution in [0, 0.1) is 35.5 Å². The largest absolute Gasteiger partial charge is 0.493 e. The van der Waals surface area contributed by atoms with Crippen LogP contribution in [0.2, 0.25) is 0 Å². The fraction of sp³-hybridized carbons (Fsp3) is 0.440. The van der Waals surface area contributed by atoms with Gasteiger partial charge in [-0.25, -0.2) is 4.90 Å². The van der Waals surface area contributed by atoms with Crippen LogP contribution in [0.4, 0.5) is 18.9 Å². The molecular weight excluding hydrogens is 435 g/mol. The number of methoxy groups -OCH3 is 1. The molecule has 2 amide bonds. The second-order valence-electron chi connectivity index (χ2n) is 9.47. The highest BCUT2D eigenvalue weighted by Gasteiger charge is 2.68. The van der Waals surface area contributed by atoms with E-state index in [-0.39, 0.29) is 29.0 Å². The number of para-hydroxylation sites is 2. The van der Waals surface area contributed by atoms with E-state index in [9.17, 15) is 22.8 Å². The van der Waals surface area contributed by atoms with Crippen LogP contribution >= 0.6 is 0 Å². The van der Waals surface area contributed by atoms with Crippen molar-refractivity contribution in [1.29, 1.82) is 0 Å². The molecule has 7 rings (SSSR count). The molecule has 5 fully saturated rings. The van der Waals surface area contributed by atoms with Gasteiger partial charge in [-0.05, 0) is 73.3 Å². The van der Waals surface area contributed by atoms with Crippen LogP contribution in [-0.4, -0.2) is 18.9 Å². The van der Waals surface area contributed by atoms with E-state index in [0.29, 0.717) is 17.6 Å². The number of fused-ring (bicyclic) bond motifs is 1. The van der Waals surface area contributed by atoms with Crippen molar-refractivity contribution in [3.05, 3.63) is 48.0 Å². The van der Waals surface area contributed by atoms with Crippen molar-refractivity contribution < 1.29 is 32.2 Å². The number of hydrogen-bond donors (Lipinski definition) is 0. The zero-order valence-corrected chi connectivity index (χ0v) is 17.8. The Morgan fingerprint density at radius 2 is 1.45 bits per heavy atom. The zero-order chi connectivity index (χ0) is 23.1. The molecular formula is C25H22F3NO4. The molecule has 4 saturated carbocycles. The molecule has 5 nitrogen and oxygen atoms in total. The van der Waals surface area contributed by atoms with E-state index in [1.807, 2.05) is 0 Å². The van der Waals surface area contributed by atoms with E-state index in [2.05, 4.69) is 0 Å². The number of rotatable bonds is 4. The number of nitrogens with zero attached hydrogens (tertiary/aromatic N) is 1. The van der Waals surface area contributed by atoms with Crippen molar-refractivity contribution in [1.82, 2.24) is 0 Å². The first-order valence-electron chi connectivity index (χ1n) is 11.2. The number of alkyl halides is 3. The molecule has 6 atom stereocenters. The minimum Gasteiger partial charge on any atom is -0.493 e. The minimum atomic E-state index is -4.63. The summed E-state index contributed by atoms with van der Waals surface area (Å²) in [6.07, 6.45) is -1.74. The zero-order valence-electron chi connectivity index (χ0n) is 17.8. The molecule has 1 aliphatic heterocycles. The van der Waals surface area contributed by atoms with Crippen LogP contribution in [-0.2, 0) is 15.8 Å². The van der Waals surface area contributed by atoms with Gasteiger partial charge in [0, 0.05) is 0 Å². The maximum atomic E-state index is 13.6. The first kappa shape index (κ1) is 20.6. The van der Waals surface area contributed by atoms with E-state index in [1.54, 1.807) is 24.3 Å². The van der Waals surface area contributed by atoms with Crippen molar-refractivity contribution in [3.8, 4) is 17.2 Å². The number of carbonyl (C=O) groups is 2. The fourth-order valence-corrected chi connectivity index (χ4v) is 6.55. The van der Waals surface area contributed by atoms with Gasteiger partial charge in [0.2, 0.25) is 11.8 Å². The van der Waals surface area contributed by atoms with E-state index in [1.165, 1.54) is 13.2 Å². The van der Waals surface area contributed by atoms with Gasteiger partial charge in [0.15, 0.2) is 17.2 Å². The summed E-state index contributed by atoms with van der Waals surface area (Å²) in [7, 11) is 1.45. The Kier molecular flexibility index (Phi) is 4.35. The lowest BCUT2D eigenvalue weighted by molar-refractivity contribution is -0.137. The number of anilines is 1. The van der Waals surface area contributed by atoms with Crippen LogP contribution in [0.15, 0.2) is 42.5 Å². The first-order chi connectivity index (χ1) is 15.8. The lowest BCUT2D eigenvalue weighted by Gasteiger charge is -2.42. The fourth-order valence-electron chi connectivity index (χ4n) is 6.55. The smallest absolute Gasteiger partial charge is 0.416 e. The third-order valence-corrected chi connectivity index (χ3v) is 7.96. The van der Waals surface area contributed by atoms with Gasteiger partial charge in [0.1, 0.15) is 0 Å². The molecule has 4 aliphatic carbocycles. The molecule has 2 bridgehead atoms. The Bertz CT molecular complexity index is 1130. The highest BCUT2D eigenvalue weighted by atomic mass is 19.4. The second kappa shape index (κ2) is 6.98. The van der Waals surface area contributed by atoms with Gasteiger partial charge in [-0.2, -0.15) is 13.2 Å². The van der Waals surface area contributed by atoms with Crippen molar-refractivity contribution in [2.45, 2.75) is 25.4 Å². The van der Waals surface area contributed by atoms with Gasteiger partial charge in [-0.3, -0.25) is 9.59 Å². The molecule has 2 aromatic carbocycles. The lowest BCUT2D eigenvalue weighted by Crippen LogP contribution is -2.43. The molecule has 1 saturated heterocycles. The molecule has 0 N–H and O–H groups in total. The standard InChI is InChI=1S/C25H22F3NO4/c1-32-19-4-2-3-5-20(19)33-18-9-6-12(25(26,27)28)10-17(18)29-23(30)21-13-7-8-14(16-11-15(13)16)22(21)24(29)31/h2-6,9-10,13-16,21-22H,7-8,11H2,1H3/t13-,14+,15+,16?,21-,22+/m0/s1. The van der Waals surface area contributed by atoms with Crippen molar-refractivity contribution >= 4 is 17.5 Å². The monoisotopic (exact) mass is 457 g/mol. The third-order valence-electron chi connectivity index (χ3n) is 7.96. The second-order valence-corrected chi connectivity index (χ2v) is 9.47. The van der Waals surface area contributed by atoms with E-state index >= 15 is 0 Å². The number of carbonyl (C=O) groups excluding carboxylic acids is 2. The summed E-state index contributed by atoms with van der Waals surface area (Å²) in [5.74, 6) is 0.260. The number of ether oxygens (including phenoxy) is 2. The van der Waals surface area contributed by atoms with Crippen molar-refractivity contribution in [2.24, 2.45) is 35.5 Å². The molecule has 8 heteroatoms. The van der Waals surface area contributed by atoms with Gasteiger partial charge in [0.25, 0.3) is 0 Å². The van der Waals surface area contributed by atoms with Crippen LogP contribution < -0.4 is 14.4 Å². The van der Waals surface area contributed by atoms with Crippen LogP contribution in [0.25, 0.3) is 0 Å². The average molecular weight is 457 g/mol. The first-order valence-corrected chi connectivity index (χ1v) is 11.2. The molecule has 1 heterocycles. The predicted octanol–water partition coefficient (Wildman–Crippen LogP) is 5.29. The number of hydrogen-bond acceptors (Lipinski definition) is 4. The Labute approximate surface area is 188 Å². The molecule has 0 spiro atoms. The summed E-state index contributed by atoms with van der Waals surface area (Å²) >= 11 is 0. The molecule has 172 valence electrons. The van der Waals surface area contributed by atoms with Crippen molar-refractivity contribution in [3.63, 3.8) is 0 Å². The molecule has 0 aromatic heterocycles. The Hall–Kier alpha value is -3.03. The third kappa shape index (κ3) is 2.99. The van der Waals surface area contributed by atoms with Gasteiger partial charge in [-0.1, -0.05) is 12.1 Å². The number of benzene rings is 2. The average Bonchev–Trinajstić information content (AvgIpc) is 3.57. The number of halogens is 3. The summed E-state index contributed by atoms with van der Waals surface area (Å²) in [6, 6.07) is 9.61. The van der Waals surface area contributed by atoms with E-state index in [0.717, 1.165) is 36.3 Å². The molecule has 1 unspecified atom stereocenters. The Morgan fingerprint density at radius 1 is 0.848 bits per heavy atom. The summed E-state index contributed by atoms with van der Waals surface area (Å²) in [5, 5.41) is 0. The Balaban J connectivity index is 1.44. The highest BCUT2D eigenvalue weighted by Crippen LogP contribution is 2.68. The van der Waals surface area contributed by atoms with Crippen LogP contribution in [0.5, 0.6) is 17.2 Å². The number of imide groups is 1. The predicted molar refractivity (Wildman–Crippen MR) is 112 cm³/mol. The molecule has 33 heavy (non-hydrogen) atoms. The molecule has 5 aliphatic rings. The summed E-state index contributed by atoms with van der Waals surface area (Å²) < 4.78 is 51.9. The normalized spacial score (nSPS) is 31.9. The maximum absolute atomic E-state index is 13.6. The summed E-state index contributed by atoms with van der Waals surface area (Å²) in [5.41, 5.74) is -1.10. The van der Waals surface area contributed by atoms with E-state index in [4.69, 9.17) is 9.47 Å². The molecule has 0 radical (unpaired) electrons. The summed E-state index contributed by atoms with van der Waals surface area (Å²) in [4.78, 5) is 28.0. The minimum absolute atomic E-state index is 0.00496. The molecule has 2 aromatic rings. The van der Waals surface area contributed by atoms with Crippen molar-refractivity contribution in [2.75, 3.05) is 12.0 Å². The Morgan fingerprint density at radius 3 is 2.03 bits per heavy atom. The van der Waals surface area contributed by atoms with Gasteiger partial charge < -0.3 is 9.47 Å². The highest BCUT2D eigenvalue weighted by molar-refractivity contribution is 6.23. The summed E-state index contributed by atoms with van der Waals surface area (Å²) in [6.45, 7) is 0. The SMILES string of the molecule is COc1ccccc1Oc1ccc(C(F)(F)F)cc1N1C(=O)[C@H]2[C@H]3CC[C@H](C4C[C@@H]43)[C@H]2C1=O. The quantitative estimate of drug-likeness (QED) is 0.586. The van der Waals surface area contributed by atoms with Gasteiger partial charge in [-0.15, -0.1) is 0 Å². The maximum Gasteiger partial charge on any atom is 0.416 e. The van der Waals surface area contributed by atoms with Crippen LogP contribution in [0.1, 0.15) is 24.8 Å². The van der Waals surface area contributed by atoms with Gasteiger partial charge in [0.05, 0.1) is 30.2 Å². The van der Waals surface area contributed by atoms with Gasteiger partial charge >= 0.3 is 6.18 Å². The van der Waals surface area contributed by atoms with Crippen LogP contribution in [0.3, 0.4) is 0 Å².